The lowest BCUT2D eigenvalue weighted by molar-refractivity contribution is -0.384. The largest absolute Gasteiger partial charge is 0.367 e. The van der Waals surface area contributed by atoms with Crippen molar-refractivity contribution in [2.45, 2.75) is 26.3 Å². The van der Waals surface area contributed by atoms with Gasteiger partial charge < -0.3 is 4.90 Å². The average molecular weight is 485 g/mol. The van der Waals surface area contributed by atoms with Crippen LogP contribution in [0.1, 0.15) is 19.4 Å². The molecule has 9 nitrogen and oxygen atoms in total. The summed E-state index contributed by atoms with van der Waals surface area (Å²) in [5, 5.41) is 11.5. The van der Waals surface area contributed by atoms with Gasteiger partial charge in [-0.25, -0.2) is 14.6 Å². The van der Waals surface area contributed by atoms with Gasteiger partial charge in [0.15, 0.2) is 5.41 Å². The molecule has 36 heavy (non-hydrogen) atoms. The Labute approximate surface area is 207 Å². The molecule has 1 atom stereocenters. The number of nitrogens with zero attached hydrogens (tertiary/aromatic N) is 4. The van der Waals surface area contributed by atoms with Crippen molar-refractivity contribution in [1.29, 1.82) is 0 Å². The molecule has 0 unspecified atom stereocenters. The minimum atomic E-state index is -1.68. The number of carbonyl (C=O) groups excluding carboxylic acids is 3. The Balaban J connectivity index is 1.75. The number of benzene rings is 3. The van der Waals surface area contributed by atoms with Crippen molar-refractivity contribution in [2.75, 3.05) is 21.2 Å². The van der Waals surface area contributed by atoms with E-state index in [4.69, 9.17) is 0 Å². The van der Waals surface area contributed by atoms with Crippen LogP contribution in [-0.2, 0) is 16.0 Å². The van der Waals surface area contributed by atoms with Gasteiger partial charge >= 0.3 is 6.03 Å². The second-order valence-corrected chi connectivity index (χ2v) is 8.92. The molecular weight excluding hydrogens is 460 g/mol. The van der Waals surface area contributed by atoms with Gasteiger partial charge in [0.1, 0.15) is 0 Å². The number of nitro groups is 1. The van der Waals surface area contributed by atoms with E-state index >= 15 is 0 Å². The molecule has 9 heteroatoms. The van der Waals surface area contributed by atoms with E-state index in [-0.39, 0.29) is 12.1 Å². The van der Waals surface area contributed by atoms with Gasteiger partial charge in [-0.15, -0.1) is 0 Å². The predicted molar refractivity (Wildman–Crippen MR) is 135 cm³/mol. The number of anilines is 3. The van der Waals surface area contributed by atoms with Gasteiger partial charge in [0.2, 0.25) is 0 Å². The molecule has 0 radical (unpaired) electrons. The maximum atomic E-state index is 14.3. The summed E-state index contributed by atoms with van der Waals surface area (Å²) in [6, 6.07) is 20.1. The van der Waals surface area contributed by atoms with Crippen molar-refractivity contribution < 1.29 is 19.3 Å². The number of fused-ring (bicyclic) bond motifs is 1. The second kappa shape index (κ2) is 8.60. The molecule has 1 fully saturated rings. The molecule has 2 aliphatic heterocycles. The minimum Gasteiger partial charge on any atom is -0.367 e. The summed E-state index contributed by atoms with van der Waals surface area (Å²) in [7, 11) is 0. The van der Waals surface area contributed by atoms with Crippen LogP contribution in [0.15, 0.2) is 78.9 Å². The van der Waals surface area contributed by atoms with Gasteiger partial charge in [-0.1, -0.05) is 36.4 Å². The van der Waals surface area contributed by atoms with Crippen LogP contribution in [0.2, 0.25) is 0 Å². The highest BCUT2D eigenvalue weighted by molar-refractivity contribution is 6.39. The Hall–Kier alpha value is -4.53. The van der Waals surface area contributed by atoms with Crippen LogP contribution in [0.3, 0.4) is 0 Å². The molecule has 4 amide bonds. The summed E-state index contributed by atoms with van der Waals surface area (Å²) in [5.74, 6) is -1.28. The van der Waals surface area contributed by atoms with Crippen LogP contribution in [0.5, 0.6) is 0 Å². The first-order valence-corrected chi connectivity index (χ1v) is 11.7. The van der Waals surface area contributed by atoms with E-state index in [0.29, 0.717) is 23.5 Å². The number of imide groups is 2. The molecule has 0 N–H and O–H groups in total. The lowest BCUT2D eigenvalue weighted by Crippen LogP contribution is -2.72. The predicted octanol–water partition coefficient (Wildman–Crippen LogP) is 4.55. The summed E-state index contributed by atoms with van der Waals surface area (Å²) < 4.78 is 0. The number of non-ortho nitro benzene ring substituents is 1. The third-order valence-corrected chi connectivity index (χ3v) is 7.15. The molecule has 0 aliphatic carbocycles. The van der Waals surface area contributed by atoms with Crippen LogP contribution in [0, 0.1) is 15.5 Å². The van der Waals surface area contributed by atoms with Gasteiger partial charge in [0.25, 0.3) is 17.5 Å². The summed E-state index contributed by atoms with van der Waals surface area (Å²) >= 11 is 0. The number of barbiturate groups is 1. The van der Waals surface area contributed by atoms with Crippen LogP contribution >= 0.6 is 0 Å². The highest BCUT2D eigenvalue weighted by Gasteiger charge is 2.63. The molecule has 182 valence electrons. The van der Waals surface area contributed by atoms with E-state index in [0.717, 1.165) is 15.5 Å². The third kappa shape index (κ3) is 3.27. The van der Waals surface area contributed by atoms with Crippen molar-refractivity contribution in [3.63, 3.8) is 0 Å². The Morgan fingerprint density at radius 1 is 0.889 bits per heavy atom. The van der Waals surface area contributed by atoms with E-state index in [1.165, 1.54) is 12.1 Å². The standard InChI is InChI=1S/C27H24N4O5/c1-3-28-18(2)27(17-19-16-22(31(35)36)14-15-23(19)28)24(32)29(20-10-6-4-7-11-20)26(34)30(25(27)33)21-12-8-5-9-13-21/h4-16,18H,3,17H2,1-2H3/t18-/m0/s1. The SMILES string of the molecule is CCN1c2ccc([N+](=O)[O-])cc2CC2(C(=O)N(c3ccccc3)C(=O)N(c3ccccc3)C2=O)[C@@H]1C. The summed E-state index contributed by atoms with van der Waals surface area (Å²) in [6.07, 6.45) is -0.0701. The van der Waals surface area contributed by atoms with Crippen molar-refractivity contribution in [3.05, 3.63) is 94.5 Å². The van der Waals surface area contributed by atoms with Crippen molar-refractivity contribution >= 4 is 40.6 Å². The van der Waals surface area contributed by atoms with E-state index in [1.807, 2.05) is 11.8 Å². The number of carbonyl (C=O) groups is 3. The lowest BCUT2D eigenvalue weighted by Gasteiger charge is -2.52. The highest BCUT2D eigenvalue weighted by atomic mass is 16.6. The molecule has 5 rings (SSSR count). The molecular formula is C27H24N4O5. The summed E-state index contributed by atoms with van der Waals surface area (Å²) in [5.41, 5.74) is 0.136. The molecule has 0 bridgehead atoms. The van der Waals surface area contributed by atoms with Crippen LogP contribution in [0.4, 0.5) is 27.5 Å². The molecule has 1 spiro atoms. The maximum Gasteiger partial charge on any atom is 0.342 e. The topological polar surface area (TPSA) is 104 Å². The fraction of sp³-hybridized carbons (Fsp3) is 0.222. The zero-order valence-corrected chi connectivity index (χ0v) is 19.8. The number of hydrogen-bond acceptors (Lipinski definition) is 6. The number of para-hydroxylation sites is 2. The molecule has 1 saturated heterocycles. The molecule has 2 heterocycles. The number of nitro benzene ring substituents is 1. The minimum absolute atomic E-state index is 0.0701. The quantitative estimate of drug-likeness (QED) is 0.306. The summed E-state index contributed by atoms with van der Waals surface area (Å²) in [4.78, 5) is 57.4. The third-order valence-electron chi connectivity index (χ3n) is 7.15. The first-order valence-electron chi connectivity index (χ1n) is 11.7. The zero-order valence-electron chi connectivity index (χ0n) is 19.8. The van der Waals surface area contributed by atoms with E-state index in [9.17, 15) is 24.5 Å². The van der Waals surface area contributed by atoms with E-state index in [1.54, 1.807) is 73.7 Å². The first kappa shape index (κ1) is 23.2. The van der Waals surface area contributed by atoms with Crippen molar-refractivity contribution in [1.82, 2.24) is 0 Å². The van der Waals surface area contributed by atoms with Crippen LogP contribution in [-0.4, -0.2) is 35.4 Å². The Morgan fingerprint density at radius 3 is 1.89 bits per heavy atom. The van der Waals surface area contributed by atoms with Crippen LogP contribution in [0.25, 0.3) is 0 Å². The van der Waals surface area contributed by atoms with Gasteiger partial charge in [0, 0.05) is 36.8 Å². The fourth-order valence-corrected chi connectivity index (χ4v) is 5.36. The highest BCUT2D eigenvalue weighted by Crippen LogP contribution is 2.48. The normalized spacial score (nSPS) is 19.0. The average Bonchev–Trinajstić information content (AvgIpc) is 2.89. The molecule has 3 aromatic rings. The van der Waals surface area contributed by atoms with Gasteiger partial charge in [0.05, 0.1) is 16.3 Å². The van der Waals surface area contributed by atoms with Gasteiger partial charge in [-0.2, -0.15) is 0 Å². The number of amides is 4. The van der Waals surface area contributed by atoms with E-state index in [2.05, 4.69) is 0 Å². The number of urea groups is 1. The molecule has 3 aromatic carbocycles. The van der Waals surface area contributed by atoms with E-state index < -0.39 is 34.2 Å². The molecule has 2 aliphatic rings. The molecule has 0 saturated carbocycles. The van der Waals surface area contributed by atoms with Gasteiger partial charge in [-0.05, 0) is 49.7 Å². The smallest absolute Gasteiger partial charge is 0.342 e. The van der Waals surface area contributed by atoms with Crippen molar-refractivity contribution in [3.8, 4) is 0 Å². The Kier molecular flexibility index (Phi) is 5.55. The van der Waals surface area contributed by atoms with Crippen molar-refractivity contribution in [2.24, 2.45) is 5.41 Å². The Bertz CT molecular complexity index is 1310. The first-order chi connectivity index (χ1) is 17.3. The number of hydrogen-bond donors (Lipinski definition) is 0. The lowest BCUT2D eigenvalue weighted by atomic mass is 9.68. The van der Waals surface area contributed by atoms with Crippen LogP contribution < -0.4 is 14.7 Å². The van der Waals surface area contributed by atoms with Gasteiger partial charge in [-0.3, -0.25) is 19.7 Å². The second-order valence-electron chi connectivity index (χ2n) is 8.92. The zero-order chi connectivity index (χ0) is 25.6. The Morgan fingerprint density at radius 2 is 1.42 bits per heavy atom. The monoisotopic (exact) mass is 484 g/mol. The fourth-order valence-electron chi connectivity index (χ4n) is 5.36. The summed E-state index contributed by atoms with van der Waals surface area (Å²) in [6.45, 7) is 4.15. The number of rotatable bonds is 4. The maximum absolute atomic E-state index is 14.3. The molecule has 0 aromatic heterocycles.